The zero-order valence-corrected chi connectivity index (χ0v) is 24.1. The first-order valence-electron chi connectivity index (χ1n) is 13.4. The highest BCUT2D eigenvalue weighted by Gasteiger charge is 2.42. The number of halogens is 2. The minimum atomic E-state index is -1.28. The summed E-state index contributed by atoms with van der Waals surface area (Å²) in [6.07, 6.45) is 5.86. The molecule has 7 rings (SSSR count). The van der Waals surface area contributed by atoms with Crippen molar-refractivity contribution in [2.45, 2.75) is 12.5 Å². The van der Waals surface area contributed by atoms with Crippen molar-refractivity contribution in [2.24, 2.45) is 13.0 Å². The smallest absolute Gasteiger partial charge is 0.341 e. The van der Waals surface area contributed by atoms with Crippen LogP contribution in [0, 0.1) is 5.92 Å². The lowest BCUT2D eigenvalue weighted by molar-refractivity contribution is 0.0695. The second-order valence-corrected chi connectivity index (χ2v) is 11.8. The summed E-state index contributed by atoms with van der Waals surface area (Å²) < 4.78 is 1.56. The van der Waals surface area contributed by atoms with Crippen LogP contribution < -0.4 is 15.6 Å². The van der Waals surface area contributed by atoms with Crippen molar-refractivity contribution < 1.29 is 9.90 Å². The monoisotopic (exact) mass is 591 g/mol. The molecule has 0 unspecified atom stereocenters. The van der Waals surface area contributed by atoms with Gasteiger partial charge in [0.25, 0.3) is 0 Å². The van der Waals surface area contributed by atoms with Gasteiger partial charge in [-0.25, -0.2) is 14.8 Å². The first-order valence-corrected chi connectivity index (χ1v) is 14.1. The molecule has 0 amide bonds. The third-order valence-electron chi connectivity index (χ3n) is 8.61. The Balaban J connectivity index is 1.57. The van der Waals surface area contributed by atoms with Crippen LogP contribution in [0.5, 0.6) is 0 Å². The van der Waals surface area contributed by atoms with Crippen molar-refractivity contribution >= 4 is 73.5 Å². The van der Waals surface area contributed by atoms with Crippen LogP contribution in [-0.2, 0) is 7.05 Å². The number of aromatic carboxylic acids is 1. The number of carbonyl (C=O) groups is 1. The number of rotatable bonds is 4. The van der Waals surface area contributed by atoms with Crippen LogP contribution in [0.4, 0.5) is 11.4 Å². The number of carboxylic acid groups (broad SMARTS) is 1. The highest BCUT2D eigenvalue weighted by molar-refractivity contribution is 6.47. The van der Waals surface area contributed by atoms with Gasteiger partial charge in [-0.3, -0.25) is 4.79 Å². The molecule has 2 aliphatic rings. The molecule has 5 aromatic rings. The Morgan fingerprint density at radius 2 is 1.95 bits per heavy atom. The van der Waals surface area contributed by atoms with E-state index >= 15 is 0 Å². The second kappa shape index (κ2) is 9.34. The Hall–Kier alpha value is -3.86. The van der Waals surface area contributed by atoms with Crippen LogP contribution in [0.25, 0.3) is 44.1 Å². The van der Waals surface area contributed by atoms with Crippen LogP contribution in [-0.4, -0.2) is 75.3 Å². The van der Waals surface area contributed by atoms with Gasteiger partial charge in [-0.15, -0.1) is 0 Å². The molecule has 2 saturated heterocycles. The molecule has 0 radical (unpaired) electrons. The Bertz CT molecular complexity index is 1990. The van der Waals surface area contributed by atoms with Crippen molar-refractivity contribution in [3.05, 3.63) is 56.6 Å². The number of carboxylic acids is 1. The van der Waals surface area contributed by atoms with E-state index in [0.29, 0.717) is 32.8 Å². The second-order valence-electron chi connectivity index (χ2n) is 11.0. The van der Waals surface area contributed by atoms with Gasteiger partial charge < -0.3 is 29.8 Å². The van der Waals surface area contributed by atoms with E-state index in [4.69, 9.17) is 28.2 Å². The van der Waals surface area contributed by atoms with Crippen LogP contribution in [0.1, 0.15) is 16.8 Å². The van der Waals surface area contributed by atoms with Gasteiger partial charge in [0.2, 0.25) is 5.43 Å². The van der Waals surface area contributed by atoms with Gasteiger partial charge in [-0.1, -0.05) is 23.2 Å². The molecule has 0 spiro atoms. The maximum Gasteiger partial charge on any atom is 0.341 e. The van der Waals surface area contributed by atoms with E-state index in [0.717, 1.165) is 59.3 Å². The Labute approximate surface area is 244 Å². The zero-order valence-electron chi connectivity index (χ0n) is 22.6. The van der Waals surface area contributed by atoms with Gasteiger partial charge in [0.05, 0.1) is 37.7 Å². The van der Waals surface area contributed by atoms with Gasteiger partial charge in [-0.2, -0.15) is 0 Å². The third-order valence-corrected chi connectivity index (χ3v) is 9.39. The molecule has 210 valence electrons. The number of hydrogen-bond donors (Lipinski definition) is 3. The number of H-pyrrole nitrogens is 1. The highest BCUT2D eigenvalue weighted by atomic mass is 35.5. The van der Waals surface area contributed by atoms with E-state index < -0.39 is 11.4 Å². The summed E-state index contributed by atoms with van der Waals surface area (Å²) in [5.74, 6) is -0.755. The molecule has 3 N–H and O–H groups in total. The van der Waals surface area contributed by atoms with Gasteiger partial charge in [0.1, 0.15) is 16.9 Å². The largest absolute Gasteiger partial charge is 0.477 e. The first-order chi connectivity index (χ1) is 19.7. The summed E-state index contributed by atoms with van der Waals surface area (Å²) >= 11 is 13.5. The van der Waals surface area contributed by atoms with E-state index in [-0.39, 0.29) is 17.0 Å². The summed E-state index contributed by atoms with van der Waals surface area (Å²) in [5, 5.41) is 15.6. The lowest BCUT2D eigenvalue weighted by atomic mass is 9.99. The van der Waals surface area contributed by atoms with Crippen molar-refractivity contribution in [3.63, 3.8) is 0 Å². The maximum absolute atomic E-state index is 13.2. The van der Waals surface area contributed by atoms with E-state index in [2.05, 4.69) is 32.1 Å². The Morgan fingerprint density at radius 1 is 1.15 bits per heavy atom. The molecule has 2 fully saturated rings. The average molecular weight is 592 g/mol. The van der Waals surface area contributed by atoms with Crippen LogP contribution in [0.2, 0.25) is 10.0 Å². The minimum Gasteiger partial charge on any atom is -0.477 e. The fourth-order valence-corrected chi connectivity index (χ4v) is 7.21. The molecule has 0 bridgehead atoms. The van der Waals surface area contributed by atoms with Crippen molar-refractivity contribution in [3.8, 4) is 11.1 Å². The molecular weight excluding hydrogens is 565 g/mol. The number of aromatic amines is 1. The Kier molecular flexibility index (Phi) is 5.93. The number of aromatic nitrogens is 4. The normalized spacial score (nSPS) is 19.1. The Morgan fingerprint density at radius 3 is 2.71 bits per heavy atom. The first kappa shape index (κ1) is 26.1. The van der Waals surface area contributed by atoms with E-state index in [1.54, 1.807) is 36.1 Å². The number of nitrogens with one attached hydrogen (secondary N) is 2. The summed E-state index contributed by atoms with van der Waals surface area (Å²) in [5.41, 5.74) is 4.20. The number of anilines is 2. The van der Waals surface area contributed by atoms with Gasteiger partial charge in [0, 0.05) is 74.9 Å². The van der Waals surface area contributed by atoms with E-state index in [1.165, 1.54) is 6.20 Å². The van der Waals surface area contributed by atoms with Gasteiger partial charge in [-0.05, 0) is 31.5 Å². The van der Waals surface area contributed by atoms with Gasteiger partial charge >= 0.3 is 5.97 Å². The number of benzene rings is 1. The summed E-state index contributed by atoms with van der Waals surface area (Å²) in [6.45, 7) is 2.80. The SMILES string of the molecule is CNc1cc(Cl)c(Cl)c2c1[nH]c1ncc(-c3cnc4c(c3)c(=O)c(C(=O)O)cn4C)c(N3CC[C@@H]4CN(C)C[C@@H]43)c12. The van der Waals surface area contributed by atoms with E-state index in [9.17, 15) is 14.7 Å². The standard InChI is InChI=1S/C29H27Cl2N7O3/c1-32-19-7-18(30)23(31)21-22-25(38-5-4-13-10-36(2)12-20(13)38)16(9-33-27(22)35-24(19)21)14-6-15-26(39)17(29(40)41)11-37(3)28(15)34-8-14/h6-9,11,13,20,32H,4-5,10,12H2,1-3H3,(H,33,35)(H,40,41)/t13-,20+/m1/s1. The predicted octanol–water partition coefficient (Wildman–Crippen LogP) is 4.82. The van der Waals surface area contributed by atoms with Crippen LogP contribution in [0.3, 0.4) is 0 Å². The molecule has 12 heteroatoms. The number of hydrogen-bond acceptors (Lipinski definition) is 7. The molecule has 0 aliphatic carbocycles. The number of likely N-dealkylation sites (tertiary alicyclic amines) is 1. The molecule has 10 nitrogen and oxygen atoms in total. The number of likely N-dealkylation sites (N-methyl/N-ethyl adjacent to an activating group) is 1. The highest BCUT2D eigenvalue weighted by Crippen LogP contribution is 2.48. The van der Waals surface area contributed by atoms with E-state index in [1.807, 2.05) is 7.05 Å². The third kappa shape index (κ3) is 3.81. The molecule has 0 saturated carbocycles. The molecule has 4 aromatic heterocycles. The van der Waals surface area contributed by atoms with Crippen molar-refractivity contribution in [1.82, 2.24) is 24.4 Å². The van der Waals surface area contributed by atoms with Crippen molar-refractivity contribution in [2.75, 3.05) is 43.9 Å². The number of nitrogens with zero attached hydrogens (tertiary/aromatic N) is 5. The number of fused-ring (bicyclic) bond motifs is 5. The molecule has 41 heavy (non-hydrogen) atoms. The zero-order chi connectivity index (χ0) is 28.7. The maximum atomic E-state index is 13.2. The topological polar surface area (TPSA) is 119 Å². The molecule has 2 aliphatic heterocycles. The number of aryl methyl sites for hydroxylation is 1. The van der Waals surface area contributed by atoms with Crippen LogP contribution >= 0.6 is 23.2 Å². The van der Waals surface area contributed by atoms with Crippen molar-refractivity contribution in [1.29, 1.82) is 0 Å². The molecule has 2 atom stereocenters. The van der Waals surface area contributed by atoms with Crippen LogP contribution in [0.15, 0.2) is 35.5 Å². The minimum absolute atomic E-state index is 0.230. The summed E-state index contributed by atoms with van der Waals surface area (Å²) in [7, 11) is 5.65. The summed E-state index contributed by atoms with van der Waals surface area (Å²) in [6, 6.07) is 3.81. The fourth-order valence-electron chi connectivity index (χ4n) is 6.76. The average Bonchev–Trinajstić information content (AvgIpc) is 3.64. The fraction of sp³-hybridized carbons (Fsp3) is 0.310. The molecule has 1 aromatic carbocycles. The van der Waals surface area contributed by atoms with Gasteiger partial charge in [0.15, 0.2) is 0 Å². The predicted molar refractivity (Wildman–Crippen MR) is 163 cm³/mol. The quantitative estimate of drug-likeness (QED) is 0.272. The lowest BCUT2D eigenvalue weighted by Gasteiger charge is -2.29. The molecule has 6 heterocycles. The summed E-state index contributed by atoms with van der Waals surface area (Å²) in [4.78, 5) is 42.7. The molecular formula is C29H27Cl2N7O3. The number of pyridine rings is 3. The lowest BCUT2D eigenvalue weighted by Crippen LogP contribution is -2.35.